The lowest BCUT2D eigenvalue weighted by molar-refractivity contribution is 0.171. The van der Waals surface area contributed by atoms with E-state index in [0.29, 0.717) is 0 Å². The smallest absolute Gasteiger partial charge is 0.0528 e. The summed E-state index contributed by atoms with van der Waals surface area (Å²) in [6, 6.07) is 10.8. The summed E-state index contributed by atoms with van der Waals surface area (Å²) in [6.07, 6.45) is 10.8. The fourth-order valence-corrected chi connectivity index (χ4v) is 3.38. The van der Waals surface area contributed by atoms with Crippen molar-refractivity contribution in [2.45, 2.75) is 39.2 Å². The Hall–Kier alpha value is -2.00. The first-order valence-electron chi connectivity index (χ1n) is 9.44. The zero-order chi connectivity index (χ0) is 17.9. The van der Waals surface area contributed by atoms with Gasteiger partial charge in [-0.25, -0.2) is 0 Å². The molecule has 1 heterocycles. The molecule has 1 aliphatic rings. The number of nitrogens with one attached hydrogen (secondary N) is 1. The van der Waals surface area contributed by atoms with E-state index in [2.05, 4.69) is 47.1 Å². The molecule has 1 aromatic rings. The molecule has 3 nitrogen and oxygen atoms in total. The Bertz CT molecular complexity index is 562. The van der Waals surface area contributed by atoms with Gasteiger partial charge in [-0.3, -0.25) is 4.90 Å². The third-order valence-corrected chi connectivity index (χ3v) is 4.88. The Balaban J connectivity index is 1.63. The second kappa shape index (κ2) is 10.8. The van der Waals surface area contributed by atoms with Crippen LogP contribution in [0.1, 0.15) is 38.2 Å². The van der Waals surface area contributed by atoms with Crippen molar-refractivity contribution in [2.24, 2.45) is 11.7 Å². The molecule has 136 valence electrons. The van der Waals surface area contributed by atoms with Crippen LogP contribution in [-0.4, -0.2) is 24.5 Å². The Kier molecular flexibility index (Phi) is 8.33. The number of nitrogens with two attached hydrogens (primary N) is 1. The molecule has 0 saturated carbocycles. The number of allylic oxidation sites excluding steroid dienone is 4. The molecule has 2 rings (SSSR count). The monoisotopic (exact) mass is 339 g/mol. The standard InChI is InChI=1S/C22H33N3/c1-3-4-12-22(19(2)23)24-15-8-11-20-13-16-25(17-14-20)18-21-9-6-5-7-10-21/h3-7,9-10,12,20,24H,1,8,11,13-18,23H2,2H3/b12-4-,22-19-. The molecule has 0 amide bonds. The third-order valence-electron chi connectivity index (χ3n) is 4.88. The predicted octanol–water partition coefficient (Wildman–Crippen LogP) is 4.20. The van der Waals surface area contributed by atoms with Crippen molar-refractivity contribution in [2.75, 3.05) is 19.6 Å². The van der Waals surface area contributed by atoms with E-state index < -0.39 is 0 Å². The maximum Gasteiger partial charge on any atom is 0.0528 e. The van der Waals surface area contributed by atoms with Crippen molar-refractivity contribution in [1.29, 1.82) is 0 Å². The normalized spacial score (nSPS) is 17.5. The molecule has 3 N–H and O–H groups in total. The number of piperidine rings is 1. The molecule has 0 atom stereocenters. The minimum Gasteiger partial charge on any atom is -0.401 e. The van der Waals surface area contributed by atoms with Crippen molar-refractivity contribution in [3.63, 3.8) is 0 Å². The topological polar surface area (TPSA) is 41.3 Å². The van der Waals surface area contributed by atoms with E-state index in [0.717, 1.165) is 30.4 Å². The van der Waals surface area contributed by atoms with Gasteiger partial charge in [-0.15, -0.1) is 0 Å². The quantitative estimate of drug-likeness (QED) is 0.523. The molecule has 1 fully saturated rings. The van der Waals surface area contributed by atoms with E-state index in [1.807, 2.05) is 19.1 Å². The molecule has 3 heteroatoms. The summed E-state index contributed by atoms with van der Waals surface area (Å²) in [5.74, 6) is 0.865. The van der Waals surface area contributed by atoms with Crippen molar-refractivity contribution < 1.29 is 0 Å². The lowest BCUT2D eigenvalue weighted by atomic mass is 9.92. The highest BCUT2D eigenvalue weighted by Crippen LogP contribution is 2.22. The van der Waals surface area contributed by atoms with E-state index in [1.54, 1.807) is 6.08 Å². The molecule has 0 aromatic heterocycles. The van der Waals surface area contributed by atoms with Crippen LogP contribution in [0.15, 0.2) is 66.5 Å². The van der Waals surface area contributed by atoms with E-state index in [9.17, 15) is 0 Å². The van der Waals surface area contributed by atoms with Crippen molar-refractivity contribution in [1.82, 2.24) is 10.2 Å². The van der Waals surface area contributed by atoms with Crippen molar-refractivity contribution >= 4 is 0 Å². The highest BCUT2D eigenvalue weighted by molar-refractivity contribution is 5.23. The second-order valence-electron chi connectivity index (χ2n) is 6.97. The van der Waals surface area contributed by atoms with Crippen LogP contribution < -0.4 is 11.1 Å². The summed E-state index contributed by atoms with van der Waals surface area (Å²) < 4.78 is 0. The zero-order valence-electron chi connectivity index (χ0n) is 15.6. The largest absolute Gasteiger partial charge is 0.401 e. The number of nitrogens with zero attached hydrogens (tertiary/aromatic N) is 1. The summed E-state index contributed by atoms with van der Waals surface area (Å²) in [5.41, 5.74) is 9.17. The predicted molar refractivity (Wildman–Crippen MR) is 108 cm³/mol. The van der Waals surface area contributed by atoms with E-state index in [4.69, 9.17) is 5.73 Å². The highest BCUT2D eigenvalue weighted by Gasteiger charge is 2.18. The molecule has 0 bridgehead atoms. The third kappa shape index (κ3) is 7.18. The van der Waals surface area contributed by atoms with Gasteiger partial charge < -0.3 is 11.1 Å². The number of likely N-dealkylation sites (tertiary alicyclic amines) is 1. The lowest BCUT2D eigenvalue weighted by Gasteiger charge is -2.32. The maximum atomic E-state index is 5.91. The summed E-state index contributed by atoms with van der Waals surface area (Å²) in [4.78, 5) is 2.59. The van der Waals surface area contributed by atoms with Gasteiger partial charge in [-0.2, -0.15) is 0 Å². The first kappa shape index (κ1) is 19.3. The molecule has 0 radical (unpaired) electrons. The first-order chi connectivity index (χ1) is 12.2. The SMILES string of the molecule is C=C/C=C\C(NCCCC1CCN(Cc2ccccc2)CC1)=C(/C)N. The van der Waals surface area contributed by atoms with Gasteiger partial charge in [-0.05, 0) is 63.3 Å². The average Bonchev–Trinajstić information content (AvgIpc) is 2.63. The van der Waals surface area contributed by atoms with Gasteiger partial charge >= 0.3 is 0 Å². The van der Waals surface area contributed by atoms with Crippen molar-refractivity contribution in [3.8, 4) is 0 Å². The van der Waals surface area contributed by atoms with Gasteiger partial charge in [0, 0.05) is 18.8 Å². The molecule has 25 heavy (non-hydrogen) atoms. The minimum atomic E-state index is 0.826. The van der Waals surface area contributed by atoms with Gasteiger partial charge in [0.25, 0.3) is 0 Å². The average molecular weight is 340 g/mol. The van der Waals surface area contributed by atoms with Crippen LogP contribution in [0.4, 0.5) is 0 Å². The van der Waals surface area contributed by atoms with Crippen LogP contribution >= 0.6 is 0 Å². The van der Waals surface area contributed by atoms with E-state index in [-0.39, 0.29) is 0 Å². The first-order valence-corrected chi connectivity index (χ1v) is 9.44. The number of benzene rings is 1. The molecule has 1 aromatic carbocycles. The van der Waals surface area contributed by atoms with Crippen LogP contribution in [0.2, 0.25) is 0 Å². The Morgan fingerprint density at radius 2 is 2.00 bits per heavy atom. The van der Waals surface area contributed by atoms with Crippen LogP contribution in [-0.2, 0) is 6.54 Å². The van der Waals surface area contributed by atoms with E-state index in [1.165, 1.54) is 44.3 Å². The number of rotatable bonds is 9. The van der Waals surface area contributed by atoms with Crippen LogP contribution in [0.3, 0.4) is 0 Å². The Morgan fingerprint density at radius 3 is 2.64 bits per heavy atom. The molecular weight excluding hydrogens is 306 g/mol. The minimum absolute atomic E-state index is 0.826. The van der Waals surface area contributed by atoms with Crippen LogP contribution in [0.5, 0.6) is 0 Å². The van der Waals surface area contributed by atoms with Gasteiger partial charge in [0.05, 0.1) is 5.70 Å². The summed E-state index contributed by atoms with van der Waals surface area (Å²) in [5, 5.41) is 3.44. The van der Waals surface area contributed by atoms with Crippen LogP contribution in [0.25, 0.3) is 0 Å². The fourth-order valence-electron chi connectivity index (χ4n) is 3.38. The Morgan fingerprint density at radius 1 is 1.28 bits per heavy atom. The van der Waals surface area contributed by atoms with Crippen LogP contribution in [0, 0.1) is 5.92 Å². The molecular formula is C22H33N3. The van der Waals surface area contributed by atoms with Gasteiger partial charge in [0.2, 0.25) is 0 Å². The summed E-state index contributed by atoms with van der Waals surface area (Å²) in [6.45, 7) is 10.2. The second-order valence-corrected chi connectivity index (χ2v) is 6.97. The molecule has 0 unspecified atom stereocenters. The molecule has 0 aliphatic carbocycles. The number of hydrogen-bond donors (Lipinski definition) is 2. The van der Waals surface area contributed by atoms with Gasteiger partial charge in [-0.1, -0.05) is 49.1 Å². The zero-order valence-corrected chi connectivity index (χ0v) is 15.6. The fraction of sp³-hybridized carbons (Fsp3) is 0.455. The highest BCUT2D eigenvalue weighted by atomic mass is 15.1. The summed E-state index contributed by atoms with van der Waals surface area (Å²) in [7, 11) is 0. The van der Waals surface area contributed by atoms with Gasteiger partial charge in [0.1, 0.15) is 0 Å². The van der Waals surface area contributed by atoms with Gasteiger partial charge in [0.15, 0.2) is 0 Å². The van der Waals surface area contributed by atoms with Crippen molar-refractivity contribution in [3.05, 3.63) is 72.1 Å². The Labute approximate surface area is 153 Å². The lowest BCUT2D eigenvalue weighted by Crippen LogP contribution is -2.33. The van der Waals surface area contributed by atoms with E-state index >= 15 is 0 Å². The maximum absolute atomic E-state index is 5.91. The molecule has 1 saturated heterocycles. The number of hydrogen-bond acceptors (Lipinski definition) is 3. The molecule has 1 aliphatic heterocycles. The molecule has 0 spiro atoms. The summed E-state index contributed by atoms with van der Waals surface area (Å²) >= 11 is 0.